The molecule has 29 heavy (non-hydrogen) atoms. The quantitative estimate of drug-likeness (QED) is 0.673. The third kappa shape index (κ3) is 4.85. The van der Waals surface area contributed by atoms with Crippen molar-refractivity contribution in [2.24, 2.45) is 0 Å². The second kappa shape index (κ2) is 8.65. The van der Waals surface area contributed by atoms with Crippen LogP contribution in [-0.2, 0) is 0 Å². The van der Waals surface area contributed by atoms with Crippen molar-refractivity contribution in [3.05, 3.63) is 84.7 Å². The van der Waals surface area contributed by atoms with Gasteiger partial charge in [-0.3, -0.25) is 0 Å². The zero-order chi connectivity index (χ0) is 20.1. The van der Waals surface area contributed by atoms with E-state index in [9.17, 15) is 9.18 Å². The van der Waals surface area contributed by atoms with Crippen LogP contribution < -0.4 is 20.4 Å². The first-order chi connectivity index (χ1) is 14.2. The Morgan fingerprint density at radius 1 is 0.655 bits per heavy atom. The molecule has 3 aromatic carbocycles. The highest BCUT2D eigenvalue weighted by Gasteiger charge is 2.17. The molecule has 1 heterocycles. The maximum Gasteiger partial charge on any atom is 0.323 e. The maximum absolute atomic E-state index is 13.1. The number of piperazine rings is 1. The molecule has 0 radical (unpaired) electrons. The van der Waals surface area contributed by atoms with Crippen molar-refractivity contribution < 1.29 is 9.18 Å². The van der Waals surface area contributed by atoms with Crippen LogP contribution in [0.1, 0.15) is 0 Å². The fourth-order valence-electron chi connectivity index (χ4n) is 3.45. The van der Waals surface area contributed by atoms with Gasteiger partial charge in [0.25, 0.3) is 0 Å². The average molecular weight is 390 g/mol. The average Bonchev–Trinajstić information content (AvgIpc) is 2.76. The van der Waals surface area contributed by atoms with Gasteiger partial charge in [0.2, 0.25) is 0 Å². The highest BCUT2D eigenvalue weighted by molar-refractivity contribution is 5.99. The van der Waals surface area contributed by atoms with E-state index in [2.05, 4.69) is 20.4 Å². The molecule has 0 aliphatic carbocycles. The zero-order valence-corrected chi connectivity index (χ0v) is 16.0. The summed E-state index contributed by atoms with van der Waals surface area (Å²) in [5, 5.41) is 5.65. The number of carbonyl (C=O) groups excluding carboxylic acids is 1. The van der Waals surface area contributed by atoms with Crippen LogP contribution in [-0.4, -0.2) is 32.2 Å². The van der Waals surface area contributed by atoms with Crippen molar-refractivity contribution >= 4 is 28.8 Å². The highest BCUT2D eigenvalue weighted by Crippen LogP contribution is 2.22. The molecule has 0 bridgehead atoms. The van der Waals surface area contributed by atoms with Crippen molar-refractivity contribution in [2.75, 3.05) is 46.6 Å². The van der Waals surface area contributed by atoms with Crippen LogP contribution in [0.5, 0.6) is 0 Å². The van der Waals surface area contributed by atoms with Gasteiger partial charge in [0.15, 0.2) is 0 Å². The van der Waals surface area contributed by atoms with Gasteiger partial charge in [-0.05, 0) is 60.7 Å². The standard InChI is InChI=1S/C23H23FN4O/c24-18-6-10-21(11-7-18)27-14-16-28(17-15-27)22-12-8-20(9-13-22)26-23(29)25-19-4-2-1-3-5-19/h1-13H,14-17H2,(H2,25,26,29). The maximum atomic E-state index is 13.1. The summed E-state index contributed by atoms with van der Waals surface area (Å²) in [6, 6.07) is 23.6. The molecule has 2 N–H and O–H groups in total. The van der Waals surface area contributed by atoms with Gasteiger partial charge in [-0.2, -0.15) is 0 Å². The van der Waals surface area contributed by atoms with Crippen LogP contribution in [0.15, 0.2) is 78.9 Å². The molecular formula is C23H23FN4O. The second-order valence-corrected chi connectivity index (χ2v) is 6.94. The fourth-order valence-corrected chi connectivity index (χ4v) is 3.45. The highest BCUT2D eigenvalue weighted by atomic mass is 19.1. The van der Waals surface area contributed by atoms with E-state index < -0.39 is 0 Å². The van der Waals surface area contributed by atoms with Gasteiger partial charge in [-0.15, -0.1) is 0 Å². The van der Waals surface area contributed by atoms with Crippen LogP contribution in [0.4, 0.5) is 31.9 Å². The monoisotopic (exact) mass is 390 g/mol. The summed E-state index contributed by atoms with van der Waals surface area (Å²) < 4.78 is 13.1. The van der Waals surface area contributed by atoms with Gasteiger partial charge in [0.1, 0.15) is 5.82 Å². The third-order valence-corrected chi connectivity index (χ3v) is 4.99. The number of rotatable bonds is 4. The first-order valence-corrected chi connectivity index (χ1v) is 9.66. The molecule has 0 aromatic heterocycles. The minimum Gasteiger partial charge on any atom is -0.368 e. The molecule has 0 saturated carbocycles. The predicted molar refractivity (Wildman–Crippen MR) is 116 cm³/mol. The van der Waals surface area contributed by atoms with Crippen molar-refractivity contribution in [1.82, 2.24) is 0 Å². The Bertz CT molecular complexity index is 937. The molecule has 3 aromatic rings. The van der Waals surface area contributed by atoms with E-state index in [4.69, 9.17) is 0 Å². The Labute approximate surface area is 169 Å². The molecule has 0 unspecified atom stereocenters. The van der Waals surface area contributed by atoms with E-state index in [1.807, 2.05) is 66.7 Å². The smallest absolute Gasteiger partial charge is 0.323 e. The van der Waals surface area contributed by atoms with Gasteiger partial charge in [-0.1, -0.05) is 18.2 Å². The number of nitrogens with zero attached hydrogens (tertiary/aromatic N) is 2. The minimum absolute atomic E-state index is 0.210. The molecule has 2 amide bonds. The minimum atomic E-state index is -0.267. The number of benzene rings is 3. The first kappa shape index (κ1) is 18.8. The van der Waals surface area contributed by atoms with Gasteiger partial charge in [-0.25, -0.2) is 9.18 Å². The Hall–Kier alpha value is -3.54. The summed E-state index contributed by atoms with van der Waals surface area (Å²) in [6.45, 7) is 3.54. The first-order valence-electron chi connectivity index (χ1n) is 9.66. The number of halogens is 1. The Balaban J connectivity index is 1.30. The summed E-state index contributed by atoms with van der Waals surface area (Å²) in [6.07, 6.45) is 0. The van der Waals surface area contributed by atoms with Crippen molar-refractivity contribution in [2.45, 2.75) is 0 Å². The number of hydrogen-bond acceptors (Lipinski definition) is 3. The molecule has 148 valence electrons. The van der Waals surface area contributed by atoms with E-state index in [0.717, 1.165) is 48.9 Å². The topological polar surface area (TPSA) is 47.6 Å². The van der Waals surface area contributed by atoms with Crippen LogP contribution in [0, 0.1) is 5.82 Å². The Morgan fingerprint density at radius 2 is 1.10 bits per heavy atom. The molecule has 1 fully saturated rings. The summed E-state index contributed by atoms with van der Waals surface area (Å²) in [7, 11) is 0. The lowest BCUT2D eigenvalue weighted by Crippen LogP contribution is -2.46. The van der Waals surface area contributed by atoms with Crippen LogP contribution >= 0.6 is 0 Å². The Kier molecular flexibility index (Phi) is 5.61. The molecule has 1 aliphatic heterocycles. The zero-order valence-electron chi connectivity index (χ0n) is 16.0. The van der Waals surface area contributed by atoms with E-state index >= 15 is 0 Å². The van der Waals surface area contributed by atoms with Crippen molar-refractivity contribution in [3.63, 3.8) is 0 Å². The van der Waals surface area contributed by atoms with Crippen molar-refractivity contribution in [1.29, 1.82) is 0 Å². The predicted octanol–water partition coefficient (Wildman–Crippen LogP) is 4.80. The van der Waals surface area contributed by atoms with Crippen LogP contribution in [0.2, 0.25) is 0 Å². The molecule has 5 nitrogen and oxygen atoms in total. The number of carbonyl (C=O) groups is 1. The fraction of sp³-hybridized carbons (Fsp3) is 0.174. The molecule has 0 spiro atoms. The number of urea groups is 1. The molecule has 1 aliphatic rings. The number of amides is 2. The Morgan fingerprint density at radius 3 is 1.62 bits per heavy atom. The van der Waals surface area contributed by atoms with E-state index in [-0.39, 0.29) is 11.8 Å². The van der Waals surface area contributed by atoms with Gasteiger partial charge in [0.05, 0.1) is 0 Å². The number of para-hydroxylation sites is 1. The molecule has 1 saturated heterocycles. The SMILES string of the molecule is O=C(Nc1ccccc1)Nc1ccc(N2CCN(c3ccc(F)cc3)CC2)cc1. The lowest BCUT2D eigenvalue weighted by molar-refractivity contribution is 0.262. The third-order valence-electron chi connectivity index (χ3n) is 4.99. The molecule has 0 atom stereocenters. The van der Waals surface area contributed by atoms with Crippen molar-refractivity contribution in [3.8, 4) is 0 Å². The lowest BCUT2D eigenvalue weighted by atomic mass is 10.2. The van der Waals surface area contributed by atoms with Gasteiger partial charge in [0, 0.05) is 48.9 Å². The van der Waals surface area contributed by atoms with Gasteiger partial charge >= 0.3 is 6.03 Å². The van der Waals surface area contributed by atoms with Crippen LogP contribution in [0.25, 0.3) is 0 Å². The summed E-state index contributed by atoms with van der Waals surface area (Å²) in [5.74, 6) is -0.210. The van der Waals surface area contributed by atoms with E-state index in [1.165, 1.54) is 12.1 Å². The number of anilines is 4. The molecule has 6 heteroatoms. The number of nitrogens with one attached hydrogen (secondary N) is 2. The number of hydrogen-bond donors (Lipinski definition) is 2. The second-order valence-electron chi connectivity index (χ2n) is 6.94. The van der Waals surface area contributed by atoms with Crippen LogP contribution in [0.3, 0.4) is 0 Å². The van der Waals surface area contributed by atoms with E-state index in [1.54, 1.807) is 0 Å². The summed E-state index contributed by atoms with van der Waals surface area (Å²) in [5.41, 5.74) is 3.67. The summed E-state index contributed by atoms with van der Waals surface area (Å²) in [4.78, 5) is 16.7. The normalized spacial score (nSPS) is 13.8. The molecular weight excluding hydrogens is 367 g/mol. The lowest BCUT2D eigenvalue weighted by Gasteiger charge is -2.37. The molecule has 4 rings (SSSR count). The summed E-state index contributed by atoms with van der Waals surface area (Å²) >= 11 is 0. The largest absolute Gasteiger partial charge is 0.368 e. The van der Waals surface area contributed by atoms with Gasteiger partial charge < -0.3 is 20.4 Å². The van der Waals surface area contributed by atoms with E-state index in [0.29, 0.717) is 0 Å².